The maximum Gasteiger partial charge on any atom is 0.321 e. The molecule has 2 rings (SSSR count). The van der Waals surface area contributed by atoms with E-state index >= 15 is 0 Å². The van der Waals surface area contributed by atoms with Gasteiger partial charge in [0.25, 0.3) is 0 Å². The molecule has 0 saturated carbocycles. The van der Waals surface area contributed by atoms with Crippen LogP contribution in [0, 0.1) is 12.7 Å². The van der Waals surface area contributed by atoms with Crippen LogP contribution in [0.15, 0.2) is 23.1 Å². The maximum atomic E-state index is 14.2. The van der Waals surface area contributed by atoms with Crippen molar-refractivity contribution in [2.24, 2.45) is 0 Å². The maximum absolute atomic E-state index is 14.2. The third-order valence-electron chi connectivity index (χ3n) is 4.18. The lowest BCUT2D eigenvalue weighted by atomic mass is 10.1. The van der Waals surface area contributed by atoms with Crippen LogP contribution in [0.2, 0.25) is 0 Å². The van der Waals surface area contributed by atoms with Crippen LogP contribution in [0.5, 0.6) is 0 Å². The molecule has 0 spiro atoms. The van der Waals surface area contributed by atoms with Gasteiger partial charge in [-0.15, -0.1) is 0 Å². The molecule has 29 heavy (non-hydrogen) atoms. The zero-order valence-corrected chi connectivity index (χ0v) is 18.4. The van der Waals surface area contributed by atoms with Crippen molar-refractivity contribution >= 4 is 38.2 Å². The minimum absolute atomic E-state index is 0.0195. The highest BCUT2D eigenvalue weighted by Gasteiger charge is 2.18. The summed E-state index contributed by atoms with van der Waals surface area (Å²) in [5, 5.41) is 5.28. The molecule has 11 heteroatoms. The van der Waals surface area contributed by atoms with Gasteiger partial charge in [-0.2, -0.15) is 0 Å². The number of halogens is 1. The Morgan fingerprint density at radius 3 is 2.52 bits per heavy atom. The monoisotopic (exact) mass is 442 g/mol. The summed E-state index contributed by atoms with van der Waals surface area (Å²) in [6.07, 6.45) is 0.938. The van der Waals surface area contributed by atoms with Gasteiger partial charge < -0.3 is 10.2 Å². The van der Waals surface area contributed by atoms with Crippen LogP contribution in [0.25, 0.3) is 10.4 Å². The predicted octanol–water partition coefficient (Wildman–Crippen LogP) is 2.65. The van der Waals surface area contributed by atoms with Gasteiger partial charge in [-0.3, -0.25) is 10.1 Å². The van der Waals surface area contributed by atoms with E-state index in [1.54, 1.807) is 14.0 Å². The smallest absolute Gasteiger partial charge is 0.321 e. The standard InChI is InChI=1S/C18H23FN4O4S2/c1-10(2)23(4)15(24)9-20-17(25)22-18-21-11(3)16(28-18)12-6-7-14(13(19)8-12)29(5,26)27/h6-8,10H,9H2,1-5H3,(H2,20,21,22,25). The van der Waals surface area contributed by atoms with Crippen LogP contribution < -0.4 is 10.6 Å². The molecule has 0 fully saturated rings. The normalized spacial score (nSPS) is 11.4. The average Bonchev–Trinajstić information content (AvgIpc) is 2.97. The van der Waals surface area contributed by atoms with E-state index in [-0.39, 0.29) is 28.5 Å². The molecular formula is C18H23FN4O4S2. The molecule has 2 N–H and O–H groups in total. The molecule has 0 atom stereocenters. The Hall–Kier alpha value is -2.53. The predicted molar refractivity (Wildman–Crippen MR) is 110 cm³/mol. The topological polar surface area (TPSA) is 108 Å². The van der Waals surface area contributed by atoms with Crippen molar-refractivity contribution in [2.75, 3.05) is 25.2 Å². The van der Waals surface area contributed by atoms with E-state index < -0.39 is 21.7 Å². The number of aromatic nitrogens is 1. The van der Waals surface area contributed by atoms with E-state index in [1.807, 2.05) is 13.8 Å². The average molecular weight is 443 g/mol. The van der Waals surface area contributed by atoms with Crippen LogP contribution >= 0.6 is 11.3 Å². The van der Waals surface area contributed by atoms with Crippen LogP contribution in [0.4, 0.5) is 14.3 Å². The lowest BCUT2D eigenvalue weighted by Gasteiger charge is -2.21. The van der Waals surface area contributed by atoms with Gasteiger partial charge in [-0.05, 0) is 38.5 Å². The number of rotatable bonds is 6. The highest BCUT2D eigenvalue weighted by molar-refractivity contribution is 7.90. The Kier molecular flexibility index (Phi) is 6.96. The number of nitrogens with zero attached hydrogens (tertiary/aromatic N) is 2. The van der Waals surface area contributed by atoms with Crippen molar-refractivity contribution in [3.8, 4) is 10.4 Å². The highest BCUT2D eigenvalue weighted by Crippen LogP contribution is 2.34. The van der Waals surface area contributed by atoms with Gasteiger partial charge in [0.05, 0.1) is 17.1 Å². The summed E-state index contributed by atoms with van der Waals surface area (Å²) in [5.74, 6) is -1.08. The van der Waals surface area contributed by atoms with E-state index in [9.17, 15) is 22.4 Å². The van der Waals surface area contributed by atoms with Crippen LogP contribution in [-0.4, -0.2) is 56.1 Å². The fourth-order valence-electron chi connectivity index (χ4n) is 2.37. The lowest BCUT2D eigenvalue weighted by molar-refractivity contribution is -0.130. The third-order valence-corrected chi connectivity index (χ3v) is 6.43. The molecule has 0 bridgehead atoms. The molecule has 0 unspecified atom stereocenters. The van der Waals surface area contributed by atoms with Gasteiger partial charge in [-0.1, -0.05) is 17.4 Å². The Labute approximate surface area is 173 Å². The number of amides is 3. The number of benzene rings is 1. The number of urea groups is 1. The van der Waals surface area contributed by atoms with Crippen LogP contribution in [0.3, 0.4) is 0 Å². The molecule has 0 radical (unpaired) electrons. The molecule has 1 aromatic carbocycles. The minimum Gasteiger partial charge on any atom is -0.342 e. The van der Waals surface area contributed by atoms with Gasteiger partial charge in [0.15, 0.2) is 15.0 Å². The van der Waals surface area contributed by atoms with Gasteiger partial charge >= 0.3 is 6.03 Å². The second kappa shape index (κ2) is 8.87. The van der Waals surface area contributed by atoms with E-state index in [0.29, 0.717) is 16.1 Å². The van der Waals surface area contributed by atoms with E-state index in [0.717, 1.165) is 23.7 Å². The largest absolute Gasteiger partial charge is 0.342 e. The number of thiazole rings is 1. The van der Waals surface area contributed by atoms with Crippen LogP contribution in [0.1, 0.15) is 19.5 Å². The molecule has 8 nitrogen and oxygen atoms in total. The first-order valence-electron chi connectivity index (χ1n) is 8.68. The molecule has 0 aliphatic carbocycles. The second-order valence-electron chi connectivity index (χ2n) is 6.76. The quantitative estimate of drug-likeness (QED) is 0.715. The summed E-state index contributed by atoms with van der Waals surface area (Å²) in [4.78, 5) is 29.9. The molecule has 3 amide bonds. The fourth-order valence-corrected chi connectivity index (χ4v) is 4.06. The number of hydrogen-bond donors (Lipinski definition) is 2. The van der Waals surface area contributed by atoms with Gasteiger partial charge in [0.2, 0.25) is 5.91 Å². The Bertz CT molecular complexity index is 1030. The molecule has 0 saturated heterocycles. The molecule has 2 aromatic rings. The number of sulfone groups is 1. The highest BCUT2D eigenvalue weighted by atomic mass is 32.2. The summed E-state index contributed by atoms with van der Waals surface area (Å²) in [6, 6.07) is 3.25. The summed E-state index contributed by atoms with van der Waals surface area (Å²) in [7, 11) is -2.01. The number of aryl methyl sites for hydroxylation is 1. The number of anilines is 1. The summed E-state index contributed by atoms with van der Waals surface area (Å²) in [5.41, 5.74) is 1.000. The van der Waals surface area contributed by atoms with Crippen molar-refractivity contribution < 1.29 is 22.4 Å². The number of likely N-dealkylation sites (N-methyl/N-ethyl adjacent to an activating group) is 1. The minimum atomic E-state index is -3.66. The van der Waals surface area contributed by atoms with Crippen molar-refractivity contribution in [2.45, 2.75) is 31.7 Å². The summed E-state index contributed by atoms with van der Waals surface area (Å²) < 4.78 is 37.3. The van der Waals surface area contributed by atoms with Crippen molar-refractivity contribution in [3.63, 3.8) is 0 Å². The van der Waals surface area contributed by atoms with Gasteiger partial charge in [0.1, 0.15) is 10.7 Å². The third kappa shape index (κ3) is 5.73. The van der Waals surface area contributed by atoms with Gasteiger partial charge in [-0.25, -0.2) is 22.6 Å². The zero-order valence-electron chi connectivity index (χ0n) is 16.7. The SMILES string of the molecule is Cc1nc(NC(=O)NCC(=O)N(C)C(C)C)sc1-c1ccc(S(C)(=O)=O)c(F)c1. The van der Waals surface area contributed by atoms with E-state index in [4.69, 9.17) is 0 Å². The Balaban J connectivity index is 2.10. The Morgan fingerprint density at radius 2 is 1.97 bits per heavy atom. The first-order valence-corrected chi connectivity index (χ1v) is 11.4. The Morgan fingerprint density at radius 1 is 1.31 bits per heavy atom. The zero-order chi connectivity index (χ0) is 21.9. The first kappa shape index (κ1) is 22.8. The molecular weight excluding hydrogens is 419 g/mol. The number of nitrogens with one attached hydrogen (secondary N) is 2. The lowest BCUT2D eigenvalue weighted by Crippen LogP contribution is -2.42. The molecule has 0 aliphatic heterocycles. The second-order valence-corrected chi connectivity index (χ2v) is 9.74. The van der Waals surface area contributed by atoms with Crippen molar-refractivity contribution in [1.29, 1.82) is 0 Å². The van der Waals surface area contributed by atoms with E-state index in [1.165, 1.54) is 17.0 Å². The van der Waals surface area contributed by atoms with Crippen LogP contribution in [-0.2, 0) is 14.6 Å². The van der Waals surface area contributed by atoms with Gasteiger partial charge in [0, 0.05) is 19.3 Å². The van der Waals surface area contributed by atoms with Crippen molar-refractivity contribution in [3.05, 3.63) is 29.7 Å². The summed E-state index contributed by atoms with van der Waals surface area (Å²) in [6.45, 7) is 5.26. The molecule has 1 heterocycles. The number of carbonyl (C=O) groups is 2. The number of carbonyl (C=O) groups excluding carboxylic acids is 2. The van der Waals surface area contributed by atoms with Crippen molar-refractivity contribution in [1.82, 2.24) is 15.2 Å². The summed E-state index contributed by atoms with van der Waals surface area (Å²) >= 11 is 1.11. The number of hydrogen-bond acceptors (Lipinski definition) is 6. The molecule has 158 valence electrons. The molecule has 1 aromatic heterocycles. The molecule has 0 aliphatic rings. The van der Waals surface area contributed by atoms with E-state index in [2.05, 4.69) is 15.6 Å². The first-order chi connectivity index (χ1) is 13.4. The fraction of sp³-hybridized carbons (Fsp3) is 0.389.